The van der Waals surface area contributed by atoms with Gasteiger partial charge in [-0.2, -0.15) is 5.10 Å². The molecule has 1 aromatic heterocycles. The van der Waals surface area contributed by atoms with E-state index in [9.17, 15) is 9.90 Å². The maximum Gasteiger partial charge on any atom is 0.257 e. The van der Waals surface area contributed by atoms with Crippen LogP contribution in [0, 0.1) is 6.92 Å². The van der Waals surface area contributed by atoms with Gasteiger partial charge in [-0.15, -0.1) is 0 Å². The number of carbonyl (C=O) groups is 1. The molecule has 2 heterocycles. The number of aromatic nitrogens is 2. The van der Waals surface area contributed by atoms with E-state index < -0.39 is 6.10 Å². The Morgan fingerprint density at radius 1 is 1.36 bits per heavy atom. The molecule has 3 rings (SSSR count). The van der Waals surface area contributed by atoms with Crippen LogP contribution in [0.4, 0.5) is 0 Å². The summed E-state index contributed by atoms with van der Waals surface area (Å²) >= 11 is 0. The van der Waals surface area contributed by atoms with Crippen molar-refractivity contribution >= 4 is 5.91 Å². The average Bonchev–Trinajstić information content (AvgIpc) is 3.27. The van der Waals surface area contributed by atoms with Crippen LogP contribution in [0.2, 0.25) is 0 Å². The molecule has 122 valence electrons. The highest BCUT2D eigenvalue weighted by atomic mass is 16.3. The summed E-state index contributed by atoms with van der Waals surface area (Å²) < 4.78 is 0. The van der Waals surface area contributed by atoms with Gasteiger partial charge in [-0.1, -0.05) is 0 Å². The van der Waals surface area contributed by atoms with Crippen LogP contribution in [0.1, 0.15) is 40.5 Å². The van der Waals surface area contributed by atoms with E-state index in [1.807, 2.05) is 11.8 Å². The summed E-state index contributed by atoms with van der Waals surface area (Å²) in [6, 6.07) is 0. The Morgan fingerprint density at radius 2 is 2.14 bits per heavy atom. The van der Waals surface area contributed by atoms with Crippen LogP contribution in [0.25, 0.3) is 0 Å². The number of aryl methyl sites for hydroxylation is 1. The minimum atomic E-state index is -0.588. The number of carbonyl (C=O) groups excluding carboxylic acids is 1. The van der Waals surface area contributed by atoms with Crippen molar-refractivity contribution in [1.82, 2.24) is 20.0 Å². The lowest BCUT2D eigenvalue weighted by Gasteiger charge is -2.22. The third-order valence-electron chi connectivity index (χ3n) is 4.44. The Bertz CT molecular complexity index is 541. The highest BCUT2D eigenvalue weighted by molar-refractivity contribution is 5.96. The second-order valence-corrected chi connectivity index (χ2v) is 6.31. The molecule has 1 saturated heterocycles. The van der Waals surface area contributed by atoms with Gasteiger partial charge >= 0.3 is 0 Å². The number of rotatable bonds is 4. The van der Waals surface area contributed by atoms with Crippen LogP contribution in [-0.2, 0) is 0 Å². The molecule has 0 spiro atoms. The average molecular weight is 308 g/mol. The summed E-state index contributed by atoms with van der Waals surface area (Å²) in [5.41, 5.74) is 2.37. The lowest BCUT2D eigenvalue weighted by Crippen LogP contribution is -2.38. The molecule has 1 atom stereocenters. The second-order valence-electron chi connectivity index (χ2n) is 6.31. The quantitative estimate of drug-likeness (QED) is 0.710. The van der Waals surface area contributed by atoms with E-state index >= 15 is 0 Å². The largest absolute Gasteiger partial charge is 0.395 e. The number of β-amino-alcohol motifs (C(OH)–C–C–N with tert-alkyl or cyclic N) is 2. The molecule has 1 aliphatic carbocycles. The summed E-state index contributed by atoms with van der Waals surface area (Å²) in [6.07, 6.45) is 1.60. The minimum absolute atomic E-state index is 0.0435. The highest BCUT2D eigenvalue weighted by Gasteiger charge is 2.34. The fourth-order valence-electron chi connectivity index (χ4n) is 3.11. The van der Waals surface area contributed by atoms with E-state index in [1.54, 1.807) is 4.90 Å². The monoisotopic (exact) mass is 308 g/mol. The van der Waals surface area contributed by atoms with Crippen LogP contribution < -0.4 is 0 Å². The van der Waals surface area contributed by atoms with Gasteiger partial charge in [-0.05, 0) is 19.8 Å². The lowest BCUT2D eigenvalue weighted by molar-refractivity contribution is 0.0659. The maximum absolute atomic E-state index is 12.9. The standard InChI is InChI=1S/C15H24N4O3/c1-10-13(14(17-16-10)11-2-3-11)15(22)19-5-4-18(6-7-20)8-12(21)9-19/h11-12,20-21H,2-9H2,1H3,(H,16,17)/t12-/m1/s1. The zero-order chi connectivity index (χ0) is 15.7. The van der Waals surface area contributed by atoms with Gasteiger partial charge in [0.2, 0.25) is 0 Å². The van der Waals surface area contributed by atoms with E-state index in [0.29, 0.717) is 44.2 Å². The first-order valence-electron chi connectivity index (χ1n) is 7.95. The molecule has 0 bridgehead atoms. The molecule has 0 radical (unpaired) electrons. The van der Waals surface area contributed by atoms with E-state index in [4.69, 9.17) is 5.11 Å². The van der Waals surface area contributed by atoms with Crippen LogP contribution in [0.15, 0.2) is 0 Å². The van der Waals surface area contributed by atoms with Gasteiger partial charge in [0.05, 0.1) is 24.0 Å². The zero-order valence-corrected chi connectivity index (χ0v) is 13.0. The molecule has 7 nitrogen and oxygen atoms in total. The van der Waals surface area contributed by atoms with E-state index in [2.05, 4.69) is 10.2 Å². The Morgan fingerprint density at radius 3 is 2.82 bits per heavy atom. The number of hydrogen-bond donors (Lipinski definition) is 3. The molecule has 2 aliphatic rings. The third kappa shape index (κ3) is 3.16. The molecule has 0 unspecified atom stereocenters. The van der Waals surface area contributed by atoms with Crippen LogP contribution in [0.3, 0.4) is 0 Å². The van der Waals surface area contributed by atoms with E-state index in [1.165, 1.54) is 0 Å². The number of nitrogens with one attached hydrogen (secondary N) is 1. The van der Waals surface area contributed by atoms with Crippen LogP contribution in [-0.4, -0.2) is 81.6 Å². The lowest BCUT2D eigenvalue weighted by atomic mass is 10.1. The Hall–Kier alpha value is -1.44. The first kappa shape index (κ1) is 15.5. The number of nitrogens with zero attached hydrogens (tertiary/aromatic N) is 3. The van der Waals surface area contributed by atoms with Crippen molar-refractivity contribution in [3.63, 3.8) is 0 Å². The number of amides is 1. The first-order valence-corrected chi connectivity index (χ1v) is 7.95. The van der Waals surface area contributed by atoms with Crippen molar-refractivity contribution < 1.29 is 15.0 Å². The third-order valence-corrected chi connectivity index (χ3v) is 4.44. The summed E-state index contributed by atoms with van der Waals surface area (Å²) in [4.78, 5) is 16.6. The fourth-order valence-corrected chi connectivity index (χ4v) is 3.11. The van der Waals surface area contributed by atoms with Crippen molar-refractivity contribution in [2.24, 2.45) is 0 Å². The van der Waals surface area contributed by atoms with Gasteiger partial charge in [0.15, 0.2) is 0 Å². The number of aliphatic hydroxyl groups is 2. The zero-order valence-electron chi connectivity index (χ0n) is 13.0. The normalized spacial score (nSPS) is 23.6. The molecule has 1 amide bonds. The topological polar surface area (TPSA) is 92.7 Å². The molecule has 7 heteroatoms. The molecule has 0 aromatic carbocycles. The van der Waals surface area contributed by atoms with Crippen molar-refractivity contribution in [2.45, 2.75) is 31.8 Å². The van der Waals surface area contributed by atoms with Crippen LogP contribution >= 0.6 is 0 Å². The van der Waals surface area contributed by atoms with Gasteiger partial charge in [0, 0.05) is 44.3 Å². The SMILES string of the molecule is Cc1[nH]nc(C2CC2)c1C(=O)N1CCN(CCO)C[C@@H](O)C1. The van der Waals surface area contributed by atoms with Crippen molar-refractivity contribution in [1.29, 1.82) is 0 Å². The first-order chi connectivity index (χ1) is 10.6. The molecular formula is C15H24N4O3. The predicted octanol–water partition coefficient (Wildman–Crippen LogP) is -0.293. The summed E-state index contributed by atoms with van der Waals surface area (Å²) in [7, 11) is 0. The predicted molar refractivity (Wildman–Crippen MR) is 80.7 cm³/mol. The molecule has 1 aliphatic heterocycles. The smallest absolute Gasteiger partial charge is 0.257 e. The summed E-state index contributed by atoms with van der Waals surface area (Å²) in [5, 5.41) is 26.4. The van der Waals surface area contributed by atoms with E-state index in [-0.39, 0.29) is 12.5 Å². The van der Waals surface area contributed by atoms with E-state index in [0.717, 1.165) is 24.2 Å². The van der Waals surface area contributed by atoms with Gasteiger partial charge in [0.25, 0.3) is 5.91 Å². The van der Waals surface area contributed by atoms with Crippen LogP contribution in [0.5, 0.6) is 0 Å². The van der Waals surface area contributed by atoms with Crippen molar-refractivity contribution in [3.8, 4) is 0 Å². The summed E-state index contributed by atoms with van der Waals surface area (Å²) in [5.74, 6) is 0.365. The molecule has 22 heavy (non-hydrogen) atoms. The minimum Gasteiger partial charge on any atom is -0.395 e. The van der Waals surface area contributed by atoms with Gasteiger partial charge in [-0.3, -0.25) is 14.8 Å². The maximum atomic E-state index is 12.9. The van der Waals surface area contributed by atoms with Crippen molar-refractivity contribution in [2.75, 3.05) is 39.3 Å². The number of hydrogen-bond acceptors (Lipinski definition) is 5. The Kier molecular flexibility index (Phi) is 4.46. The molecule has 1 aromatic rings. The molecular weight excluding hydrogens is 284 g/mol. The second kappa shape index (κ2) is 6.36. The molecule has 1 saturated carbocycles. The summed E-state index contributed by atoms with van der Waals surface area (Å²) in [6.45, 7) is 4.51. The van der Waals surface area contributed by atoms with Gasteiger partial charge < -0.3 is 15.1 Å². The highest BCUT2D eigenvalue weighted by Crippen LogP contribution is 2.41. The number of aromatic amines is 1. The number of aliphatic hydroxyl groups excluding tert-OH is 2. The number of H-pyrrole nitrogens is 1. The van der Waals surface area contributed by atoms with Crippen molar-refractivity contribution in [3.05, 3.63) is 17.0 Å². The molecule has 2 fully saturated rings. The van der Waals surface area contributed by atoms with Gasteiger partial charge in [0.1, 0.15) is 0 Å². The Labute approximate surface area is 129 Å². The fraction of sp³-hybridized carbons (Fsp3) is 0.733. The Balaban J connectivity index is 1.75. The molecule has 3 N–H and O–H groups in total. The van der Waals surface area contributed by atoms with Gasteiger partial charge in [-0.25, -0.2) is 0 Å².